The van der Waals surface area contributed by atoms with Gasteiger partial charge in [0.2, 0.25) is 10.0 Å². The van der Waals surface area contributed by atoms with Crippen molar-refractivity contribution in [1.29, 1.82) is 0 Å². The van der Waals surface area contributed by atoms with Gasteiger partial charge in [0.1, 0.15) is 4.90 Å². The summed E-state index contributed by atoms with van der Waals surface area (Å²) in [5, 5.41) is 8.82. The van der Waals surface area contributed by atoms with E-state index < -0.39 is 20.7 Å². The van der Waals surface area contributed by atoms with Crippen molar-refractivity contribution in [3.63, 3.8) is 0 Å². The molecule has 108 valence electrons. The average molecular weight is 376 g/mol. The van der Waals surface area contributed by atoms with E-state index in [4.69, 9.17) is 22.4 Å². The Hall–Kier alpha value is -0.410. The first-order valence-electron chi connectivity index (χ1n) is 5.24. The molecule has 0 spiro atoms. The third-order valence-corrected chi connectivity index (χ3v) is 5.18. The van der Waals surface area contributed by atoms with E-state index in [1.165, 1.54) is 0 Å². The number of nitrogen functional groups attached to an aromatic ring is 1. The largest absolute Gasteiger partial charge is 0.396 e. The van der Waals surface area contributed by atoms with Gasteiger partial charge in [-0.05, 0) is 27.9 Å². The Balaban J connectivity index is 3.16. The second-order valence-corrected chi connectivity index (χ2v) is 6.97. The topological polar surface area (TPSA) is 92.4 Å². The molecule has 0 saturated carbocycles. The molecular formula is C10H13BrClFN2O3S. The molecule has 0 aliphatic carbocycles. The van der Waals surface area contributed by atoms with Gasteiger partial charge in [0, 0.05) is 13.2 Å². The van der Waals surface area contributed by atoms with Crippen LogP contribution in [-0.4, -0.2) is 26.7 Å². The van der Waals surface area contributed by atoms with Crippen LogP contribution in [0.5, 0.6) is 0 Å². The molecule has 0 aromatic heterocycles. The van der Waals surface area contributed by atoms with E-state index in [9.17, 15) is 12.8 Å². The summed E-state index contributed by atoms with van der Waals surface area (Å²) in [5.41, 5.74) is 5.05. The summed E-state index contributed by atoms with van der Waals surface area (Å²) in [6, 6.07) is 0.975. The predicted molar refractivity (Wildman–Crippen MR) is 75.0 cm³/mol. The highest BCUT2D eigenvalue weighted by molar-refractivity contribution is 9.10. The maximum Gasteiger partial charge on any atom is 0.243 e. The molecule has 5 nitrogen and oxygen atoms in total. The van der Waals surface area contributed by atoms with Crippen molar-refractivity contribution in [2.75, 3.05) is 18.9 Å². The Kier molecular flexibility index (Phi) is 5.57. The minimum atomic E-state index is -4.08. The fourth-order valence-corrected chi connectivity index (χ4v) is 3.03. The standard InChI is InChI=1S/C10H13BrClFN2O3S/c1-5(4-16)3-15-19(17,18)7-2-6(12)8(11)10(14)9(7)13/h2,5,15-16H,3-4,14H2,1H3. The van der Waals surface area contributed by atoms with Crippen LogP contribution in [0.25, 0.3) is 0 Å². The number of aliphatic hydroxyl groups is 1. The fraction of sp³-hybridized carbons (Fsp3) is 0.400. The molecule has 1 rings (SSSR count). The van der Waals surface area contributed by atoms with Crippen LogP contribution in [0.3, 0.4) is 0 Å². The molecule has 1 atom stereocenters. The van der Waals surface area contributed by atoms with Gasteiger partial charge in [0.05, 0.1) is 15.2 Å². The lowest BCUT2D eigenvalue weighted by atomic mass is 10.2. The molecule has 1 unspecified atom stereocenters. The van der Waals surface area contributed by atoms with Gasteiger partial charge in [-0.2, -0.15) is 0 Å². The third-order valence-electron chi connectivity index (χ3n) is 2.38. The number of anilines is 1. The second kappa shape index (κ2) is 6.36. The van der Waals surface area contributed by atoms with Crippen molar-refractivity contribution >= 4 is 43.2 Å². The van der Waals surface area contributed by atoms with Gasteiger partial charge in [0.25, 0.3) is 0 Å². The van der Waals surface area contributed by atoms with Crippen LogP contribution in [0.2, 0.25) is 5.02 Å². The second-order valence-electron chi connectivity index (χ2n) is 4.04. The first kappa shape index (κ1) is 16.6. The fourth-order valence-electron chi connectivity index (χ4n) is 1.19. The predicted octanol–water partition coefficient (Wildman–Crippen LogP) is 1.73. The smallest absolute Gasteiger partial charge is 0.243 e. The normalized spacial score (nSPS) is 13.5. The zero-order valence-corrected chi connectivity index (χ0v) is 13.1. The number of sulfonamides is 1. The molecule has 0 saturated heterocycles. The lowest BCUT2D eigenvalue weighted by Gasteiger charge is -2.13. The molecule has 0 aliphatic rings. The Labute approximate surface area is 124 Å². The van der Waals surface area contributed by atoms with Crippen LogP contribution < -0.4 is 10.5 Å². The number of nitrogens with one attached hydrogen (secondary N) is 1. The number of nitrogens with two attached hydrogens (primary N) is 1. The summed E-state index contributed by atoms with van der Waals surface area (Å²) in [5.74, 6) is -1.36. The van der Waals surface area contributed by atoms with E-state index >= 15 is 0 Å². The van der Waals surface area contributed by atoms with Crippen molar-refractivity contribution in [2.24, 2.45) is 5.92 Å². The molecule has 1 aromatic rings. The first-order valence-corrected chi connectivity index (χ1v) is 7.89. The van der Waals surface area contributed by atoms with E-state index in [1.807, 2.05) is 0 Å². The molecule has 0 aliphatic heterocycles. The molecule has 0 amide bonds. The van der Waals surface area contributed by atoms with Gasteiger partial charge < -0.3 is 10.8 Å². The molecule has 1 aromatic carbocycles. The number of hydrogen-bond acceptors (Lipinski definition) is 4. The molecule has 0 fully saturated rings. The van der Waals surface area contributed by atoms with Gasteiger partial charge in [0.15, 0.2) is 5.82 Å². The first-order chi connectivity index (χ1) is 8.70. The Bertz CT molecular complexity index is 583. The van der Waals surface area contributed by atoms with Crippen molar-refractivity contribution in [2.45, 2.75) is 11.8 Å². The molecule has 0 bridgehead atoms. The average Bonchev–Trinajstić information content (AvgIpc) is 2.37. The quantitative estimate of drug-likeness (QED) is 0.540. The third kappa shape index (κ3) is 3.79. The summed E-state index contributed by atoms with van der Waals surface area (Å²) >= 11 is 8.72. The minimum absolute atomic E-state index is 0.00511. The number of aliphatic hydroxyl groups excluding tert-OH is 1. The van der Waals surface area contributed by atoms with E-state index in [2.05, 4.69) is 20.7 Å². The van der Waals surface area contributed by atoms with E-state index in [1.54, 1.807) is 6.92 Å². The lowest BCUT2D eigenvalue weighted by Crippen LogP contribution is -2.30. The van der Waals surface area contributed by atoms with Crippen molar-refractivity contribution < 1.29 is 17.9 Å². The minimum Gasteiger partial charge on any atom is -0.396 e. The summed E-state index contributed by atoms with van der Waals surface area (Å²) in [6.07, 6.45) is 0. The van der Waals surface area contributed by atoms with Crippen molar-refractivity contribution in [3.8, 4) is 0 Å². The monoisotopic (exact) mass is 374 g/mol. The summed E-state index contributed by atoms with van der Waals surface area (Å²) in [4.78, 5) is -0.622. The summed E-state index contributed by atoms with van der Waals surface area (Å²) in [6.45, 7) is 1.43. The van der Waals surface area contributed by atoms with Crippen LogP contribution in [0, 0.1) is 11.7 Å². The Morgan fingerprint density at radius 1 is 1.63 bits per heavy atom. The van der Waals surface area contributed by atoms with E-state index in [-0.39, 0.29) is 34.3 Å². The molecule has 19 heavy (non-hydrogen) atoms. The lowest BCUT2D eigenvalue weighted by molar-refractivity contribution is 0.238. The zero-order chi connectivity index (χ0) is 14.8. The number of hydrogen-bond donors (Lipinski definition) is 3. The van der Waals surface area contributed by atoms with E-state index in [0.29, 0.717) is 0 Å². The molecule has 4 N–H and O–H groups in total. The molecule has 9 heteroatoms. The van der Waals surface area contributed by atoms with E-state index in [0.717, 1.165) is 6.07 Å². The maximum absolute atomic E-state index is 13.9. The van der Waals surface area contributed by atoms with Gasteiger partial charge >= 0.3 is 0 Å². The summed E-state index contributed by atoms with van der Waals surface area (Å²) in [7, 11) is -4.08. The number of rotatable bonds is 5. The van der Waals surface area contributed by atoms with Crippen LogP contribution in [0.4, 0.5) is 10.1 Å². The Morgan fingerprint density at radius 3 is 2.74 bits per heavy atom. The van der Waals surface area contributed by atoms with Crippen LogP contribution in [0.15, 0.2) is 15.4 Å². The highest BCUT2D eigenvalue weighted by Crippen LogP contribution is 2.34. The molecule has 0 heterocycles. The van der Waals surface area contributed by atoms with Gasteiger partial charge in [-0.25, -0.2) is 17.5 Å². The van der Waals surface area contributed by atoms with Crippen LogP contribution in [0.1, 0.15) is 6.92 Å². The highest BCUT2D eigenvalue weighted by Gasteiger charge is 2.24. The highest BCUT2D eigenvalue weighted by atomic mass is 79.9. The number of benzene rings is 1. The summed E-state index contributed by atoms with van der Waals surface area (Å²) < 4.78 is 40.0. The zero-order valence-electron chi connectivity index (χ0n) is 9.95. The Morgan fingerprint density at radius 2 is 2.21 bits per heavy atom. The van der Waals surface area contributed by atoms with Crippen LogP contribution in [-0.2, 0) is 10.0 Å². The van der Waals surface area contributed by atoms with Gasteiger partial charge in [-0.15, -0.1) is 0 Å². The van der Waals surface area contributed by atoms with Crippen molar-refractivity contribution in [3.05, 3.63) is 21.4 Å². The number of halogens is 3. The molecule has 0 radical (unpaired) electrons. The van der Waals surface area contributed by atoms with Gasteiger partial charge in [-0.1, -0.05) is 18.5 Å². The molecular weight excluding hydrogens is 363 g/mol. The SMILES string of the molecule is CC(CO)CNS(=O)(=O)c1cc(Cl)c(Br)c(N)c1F. The van der Waals surface area contributed by atoms with Crippen molar-refractivity contribution in [1.82, 2.24) is 4.72 Å². The maximum atomic E-state index is 13.9. The van der Waals surface area contributed by atoms with Gasteiger partial charge in [-0.3, -0.25) is 0 Å². The van der Waals surface area contributed by atoms with Crippen LogP contribution >= 0.6 is 27.5 Å².